The molecule has 0 atom stereocenters. The molecule has 0 saturated carbocycles. The van der Waals surface area contributed by atoms with Crippen molar-refractivity contribution in [1.29, 1.82) is 0 Å². The summed E-state index contributed by atoms with van der Waals surface area (Å²) in [4.78, 5) is 0. The van der Waals surface area contributed by atoms with Gasteiger partial charge >= 0.3 is 32.0 Å². The van der Waals surface area contributed by atoms with E-state index in [1.807, 2.05) is 0 Å². The van der Waals surface area contributed by atoms with E-state index in [2.05, 4.69) is 305 Å². The van der Waals surface area contributed by atoms with E-state index in [9.17, 15) is 0 Å². The molecule has 9 rings (SSSR count). The van der Waals surface area contributed by atoms with Crippen molar-refractivity contribution < 1.29 is 18.9 Å². The number of hydrogen-bond acceptors (Lipinski definition) is 0. The molecule has 59 heavy (non-hydrogen) atoms. The monoisotopic (exact) mass is 1060 g/mol. The molecule has 0 saturated heterocycles. The van der Waals surface area contributed by atoms with Crippen LogP contribution in [-0.2, 0) is 18.9 Å². The summed E-state index contributed by atoms with van der Waals surface area (Å²) < 4.78 is 0. The Hall–Kier alpha value is -4.51. The molecule has 0 aromatic heterocycles. The molecule has 0 bridgehead atoms. The van der Waals surface area contributed by atoms with Crippen molar-refractivity contribution in [2.75, 3.05) is 0 Å². The Labute approximate surface area is 373 Å². The second-order valence-electron chi connectivity index (χ2n) is 13.0. The van der Waals surface area contributed by atoms with Gasteiger partial charge in [-0.05, 0) is 71.5 Å². The first-order valence-corrected chi connectivity index (χ1v) is 28.1. The van der Waals surface area contributed by atoms with Crippen LogP contribution in [0, 0.1) is 0 Å². The van der Waals surface area contributed by atoms with Crippen molar-refractivity contribution in [3.63, 3.8) is 0 Å². The molecule has 0 nitrogen and oxygen atoms in total. The predicted molar refractivity (Wildman–Crippen MR) is 264 cm³/mol. The standard InChI is InChI=1S/3C18H15P.Au.BrH/c3*1-4-10-16(11-5-1)19(17-12-6-2-7-13-17)18-14-8-3-9-15-18;;/h3*1-15H;;1H/q;;;+1;/p-1. The van der Waals surface area contributed by atoms with E-state index in [0.717, 1.165) is 0 Å². The van der Waals surface area contributed by atoms with Crippen molar-refractivity contribution in [2.24, 2.45) is 0 Å². The van der Waals surface area contributed by atoms with Crippen molar-refractivity contribution >= 4 is 84.5 Å². The normalized spacial score (nSPS) is 10.3. The first-order valence-electron chi connectivity index (χ1n) is 19.3. The van der Waals surface area contributed by atoms with Crippen LogP contribution in [0.5, 0.6) is 0 Å². The molecule has 0 unspecified atom stereocenters. The molecule has 0 aliphatic rings. The Morgan fingerprint density at radius 2 is 0.254 bits per heavy atom. The van der Waals surface area contributed by atoms with Gasteiger partial charge in [-0.3, -0.25) is 0 Å². The molecular formula is C54H45AuBrP3. The second-order valence-corrected chi connectivity index (χ2v) is 19.7. The van der Waals surface area contributed by atoms with Crippen LogP contribution in [0.15, 0.2) is 273 Å². The first kappa shape index (κ1) is 44.1. The number of halogens is 1. The topological polar surface area (TPSA) is 0 Å². The molecule has 0 aliphatic carbocycles. The summed E-state index contributed by atoms with van der Waals surface area (Å²) in [5, 5.41) is 12.6. The van der Waals surface area contributed by atoms with Gasteiger partial charge < -0.3 is 0 Å². The van der Waals surface area contributed by atoms with Crippen LogP contribution in [0.3, 0.4) is 0 Å². The van der Waals surface area contributed by atoms with Crippen LogP contribution in [0.25, 0.3) is 0 Å². The Kier molecular flexibility index (Phi) is 18.8. The number of hydrogen-bond donors (Lipinski definition) is 0. The smallest absolute Gasteiger partial charge is 0.0134 e. The molecule has 9 aromatic rings. The molecule has 9 aromatic carbocycles. The Morgan fingerprint density at radius 1 is 0.169 bits per heavy atom. The zero-order valence-corrected chi connectivity index (χ0v) is 38.9. The Balaban J connectivity index is 0.000000146. The van der Waals surface area contributed by atoms with Crippen molar-refractivity contribution in [2.45, 2.75) is 0 Å². The van der Waals surface area contributed by atoms with Crippen molar-refractivity contribution in [3.8, 4) is 0 Å². The molecule has 0 radical (unpaired) electrons. The molecular weight excluding hydrogens is 1020 g/mol. The second kappa shape index (κ2) is 25.2. The molecule has 0 spiro atoms. The maximum atomic E-state index is 2.88. The van der Waals surface area contributed by atoms with Crippen LogP contribution in [0.2, 0.25) is 0 Å². The van der Waals surface area contributed by atoms with Crippen LogP contribution in [-0.4, -0.2) is 0 Å². The zero-order chi connectivity index (χ0) is 40.7. The zero-order valence-electron chi connectivity index (χ0n) is 32.5. The molecule has 0 aliphatic heterocycles. The van der Waals surface area contributed by atoms with Crippen LogP contribution >= 0.6 is 36.8 Å². The molecule has 0 N–H and O–H groups in total. The average Bonchev–Trinajstić information content (AvgIpc) is 3.34. The third-order valence-electron chi connectivity index (χ3n) is 9.13. The van der Waals surface area contributed by atoms with Gasteiger partial charge in [-0.15, -0.1) is 0 Å². The minimum atomic E-state index is -0.446. The minimum absolute atomic E-state index is 0.446. The molecule has 294 valence electrons. The van der Waals surface area contributed by atoms with E-state index < -0.39 is 23.8 Å². The summed E-state index contributed by atoms with van der Waals surface area (Å²) >= 11 is 4.97. The SMILES string of the molecule is [Br][Au].c1ccc(P(c2ccccc2)c2ccccc2)cc1.c1ccc(P(c2ccccc2)c2ccccc2)cc1.c1ccc(P(c2ccccc2)c2ccccc2)cc1. The van der Waals surface area contributed by atoms with Gasteiger partial charge in [0, 0.05) is 0 Å². The number of benzene rings is 9. The predicted octanol–water partition coefficient (Wildman–Crippen LogP) is 11.2. The first-order chi connectivity index (χ1) is 29.3. The minimum Gasteiger partial charge on any atom is -0.0622 e. The van der Waals surface area contributed by atoms with Gasteiger partial charge in [0.2, 0.25) is 0 Å². The van der Waals surface area contributed by atoms with E-state index >= 15 is 0 Å². The fraction of sp³-hybridized carbons (Fsp3) is 0. The van der Waals surface area contributed by atoms with Crippen LogP contribution < -0.4 is 47.7 Å². The van der Waals surface area contributed by atoms with Gasteiger partial charge in [-0.2, -0.15) is 0 Å². The summed E-state index contributed by atoms with van der Waals surface area (Å²) in [5.74, 6) is 0. The van der Waals surface area contributed by atoms with Gasteiger partial charge in [0.1, 0.15) is 0 Å². The fourth-order valence-electron chi connectivity index (χ4n) is 6.54. The van der Waals surface area contributed by atoms with Crippen LogP contribution in [0.4, 0.5) is 0 Å². The summed E-state index contributed by atoms with van der Waals surface area (Å²) in [7, 11) is -1.34. The third-order valence-corrected chi connectivity index (χ3v) is 16.5. The summed E-state index contributed by atoms with van der Waals surface area (Å²) in [6.07, 6.45) is 0. The van der Waals surface area contributed by atoms with Crippen molar-refractivity contribution in [3.05, 3.63) is 273 Å². The van der Waals surface area contributed by atoms with E-state index in [4.69, 9.17) is 0 Å². The van der Waals surface area contributed by atoms with Crippen molar-refractivity contribution in [1.82, 2.24) is 0 Å². The van der Waals surface area contributed by atoms with Gasteiger partial charge in [0.05, 0.1) is 0 Å². The van der Waals surface area contributed by atoms with E-state index in [1.165, 1.54) is 47.7 Å². The van der Waals surface area contributed by atoms with Crippen LogP contribution in [0.1, 0.15) is 0 Å². The van der Waals surface area contributed by atoms with E-state index in [1.54, 1.807) is 0 Å². The molecule has 0 fully saturated rings. The molecule has 0 amide bonds. The van der Waals surface area contributed by atoms with Gasteiger partial charge in [-0.25, -0.2) is 0 Å². The quantitative estimate of drug-likeness (QED) is 0.0998. The Morgan fingerprint density at radius 3 is 0.339 bits per heavy atom. The maximum absolute atomic E-state index is 2.88. The molecule has 0 heterocycles. The fourth-order valence-corrected chi connectivity index (χ4v) is 13.5. The summed E-state index contributed by atoms with van der Waals surface area (Å²) in [6.45, 7) is 0. The van der Waals surface area contributed by atoms with E-state index in [-0.39, 0.29) is 0 Å². The summed E-state index contributed by atoms with van der Waals surface area (Å²) in [6, 6.07) is 97.0. The third kappa shape index (κ3) is 13.2. The van der Waals surface area contributed by atoms with Gasteiger partial charge in [0.25, 0.3) is 0 Å². The number of rotatable bonds is 9. The van der Waals surface area contributed by atoms with Gasteiger partial charge in [-0.1, -0.05) is 273 Å². The summed E-state index contributed by atoms with van der Waals surface area (Å²) in [5.41, 5.74) is 0. The maximum Gasteiger partial charge on any atom is -0.0134 e. The van der Waals surface area contributed by atoms with E-state index in [0.29, 0.717) is 0 Å². The Bertz CT molecular complexity index is 1870. The molecule has 5 heteroatoms. The average molecular weight is 1060 g/mol. The largest absolute Gasteiger partial charge is 0.0622 e. The van der Waals surface area contributed by atoms with Gasteiger partial charge in [0.15, 0.2) is 0 Å².